The Morgan fingerprint density at radius 2 is 1.85 bits per heavy atom. The summed E-state index contributed by atoms with van der Waals surface area (Å²) in [5.74, 6) is -1.59. The smallest absolute Gasteiger partial charge is 0.411 e. The number of rotatable bonds is 4. The van der Waals surface area contributed by atoms with Crippen molar-refractivity contribution in [2.24, 2.45) is 0 Å². The van der Waals surface area contributed by atoms with Crippen molar-refractivity contribution in [3.63, 3.8) is 0 Å². The molecule has 1 spiro atoms. The first kappa shape index (κ1) is 21.0. The first-order valence-corrected chi connectivity index (χ1v) is 8.99. The van der Waals surface area contributed by atoms with Gasteiger partial charge in [-0.3, -0.25) is 14.5 Å². The molecule has 0 aromatic heterocycles. The van der Waals surface area contributed by atoms with Crippen LogP contribution < -0.4 is 0 Å². The predicted octanol–water partition coefficient (Wildman–Crippen LogP) is 1.09. The van der Waals surface area contributed by atoms with E-state index in [-0.39, 0.29) is 12.5 Å². The van der Waals surface area contributed by atoms with E-state index in [1.54, 1.807) is 20.8 Å². The van der Waals surface area contributed by atoms with Gasteiger partial charge in [0.2, 0.25) is 0 Å². The number of carbonyl (C=O) groups excluding carboxylic acids is 4. The lowest BCUT2D eigenvalue weighted by Crippen LogP contribution is -2.76. The molecule has 152 valence electrons. The number of β-lactam (4-membered cyclic amide) rings is 1. The van der Waals surface area contributed by atoms with Crippen molar-refractivity contribution < 1.29 is 33.4 Å². The van der Waals surface area contributed by atoms with E-state index < -0.39 is 41.3 Å². The van der Waals surface area contributed by atoms with Crippen molar-refractivity contribution in [2.75, 3.05) is 20.2 Å². The molecule has 9 heteroatoms. The highest BCUT2D eigenvalue weighted by atomic mass is 16.6. The van der Waals surface area contributed by atoms with Crippen LogP contribution in [0.1, 0.15) is 47.5 Å². The summed E-state index contributed by atoms with van der Waals surface area (Å²) in [5, 5.41) is 0. The van der Waals surface area contributed by atoms with Crippen molar-refractivity contribution in [3.8, 4) is 0 Å². The van der Waals surface area contributed by atoms with Crippen LogP contribution in [0.25, 0.3) is 0 Å². The second-order valence-corrected chi connectivity index (χ2v) is 7.98. The summed E-state index contributed by atoms with van der Waals surface area (Å²) in [5.41, 5.74) is -1.68. The van der Waals surface area contributed by atoms with E-state index in [1.165, 1.54) is 30.8 Å². The molecule has 1 unspecified atom stereocenters. The lowest BCUT2D eigenvalue weighted by molar-refractivity contribution is -0.181. The molecule has 0 aromatic carbocycles. The Morgan fingerprint density at radius 3 is 2.33 bits per heavy atom. The summed E-state index contributed by atoms with van der Waals surface area (Å²) in [6, 6.07) is -1.06. The van der Waals surface area contributed by atoms with Crippen LogP contribution in [0.5, 0.6) is 0 Å². The summed E-state index contributed by atoms with van der Waals surface area (Å²) in [6.45, 7) is 8.62. The van der Waals surface area contributed by atoms with Crippen molar-refractivity contribution >= 4 is 23.9 Å². The molecule has 2 heterocycles. The number of esters is 2. The molecule has 0 aliphatic carbocycles. The highest BCUT2D eigenvalue weighted by Crippen LogP contribution is 2.41. The highest BCUT2D eigenvalue weighted by Gasteiger charge is 2.63. The van der Waals surface area contributed by atoms with Gasteiger partial charge in [0.15, 0.2) is 6.04 Å². The lowest BCUT2D eigenvalue weighted by atomic mass is 9.83. The SMILES string of the molecule is COC(=O)[C@H]([C@@H](C)OC(C)=O)N1CC2(CCCN2C(=O)OC(C)(C)C)C1=O. The fourth-order valence-electron chi connectivity index (χ4n) is 3.69. The van der Waals surface area contributed by atoms with Gasteiger partial charge in [0.1, 0.15) is 17.2 Å². The van der Waals surface area contributed by atoms with Gasteiger partial charge in [0.25, 0.3) is 5.91 Å². The third-order valence-corrected chi connectivity index (χ3v) is 4.77. The van der Waals surface area contributed by atoms with Gasteiger partial charge in [-0.1, -0.05) is 0 Å². The highest BCUT2D eigenvalue weighted by molar-refractivity contribution is 5.99. The van der Waals surface area contributed by atoms with Crippen LogP contribution in [-0.4, -0.2) is 77.2 Å². The monoisotopic (exact) mass is 384 g/mol. The summed E-state index contributed by atoms with van der Waals surface area (Å²) in [7, 11) is 1.21. The van der Waals surface area contributed by atoms with Crippen molar-refractivity contribution in [2.45, 2.75) is 70.7 Å². The number of amides is 2. The van der Waals surface area contributed by atoms with Gasteiger partial charge in [0, 0.05) is 13.5 Å². The van der Waals surface area contributed by atoms with Gasteiger partial charge >= 0.3 is 18.0 Å². The average molecular weight is 384 g/mol. The molecule has 2 rings (SSSR count). The van der Waals surface area contributed by atoms with Gasteiger partial charge in [-0.15, -0.1) is 0 Å². The van der Waals surface area contributed by atoms with Gasteiger partial charge in [-0.2, -0.15) is 0 Å². The minimum atomic E-state index is -1.06. The lowest BCUT2D eigenvalue weighted by Gasteiger charge is -2.53. The van der Waals surface area contributed by atoms with Gasteiger partial charge in [-0.05, 0) is 40.5 Å². The Hall–Kier alpha value is -2.32. The Morgan fingerprint density at radius 1 is 1.22 bits per heavy atom. The second kappa shape index (κ2) is 7.36. The zero-order chi connectivity index (χ0) is 20.6. The normalized spacial score (nSPS) is 24.3. The van der Waals surface area contributed by atoms with E-state index in [4.69, 9.17) is 14.2 Å². The number of hydrogen-bond donors (Lipinski definition) is 0. The summed E-state index contributed by atoms with van der Waals surface area (Å²) < 4.78 is 15.3. The number of likely N-dealkylation sites (tertiary alicyclic amines) is 2. The first-order chi connectivity index (χ1) is 12.4. The van der Waals surface area contributed by atoms with Crippen molar-refractivity contribution in [3.05, 3.63) is 0 Å². The number of methoxy groups -OCH3 is 1. The molecule has 0 saturated carbocycles. The van der Waals surface area contributed by atoms with Gasteiger partial charge in [0.05, 0.1) is 13.7 Å². The van der Waals surface area contributed by atoms with Crippen LogP contribution in [0.2, 0.25) is 0 Å². The molecule has 27 heavy (non-hydrogen) atoms. The zero-order valence-corrected chi connectivity index (χ0v) is 16.7. The van der Waals surface area contributed by atoms with E-state index in [1.807, 2.05) is 0 Å². The topological polar surface area (TPSA) is 102 Å². The van der Waals surface area contributed by atoms with Crippen LogP contribution in [0, 0.1) is 0 Å². The van der Waals surface area contributed by atoms with Crippen molar-refractivity contribution in [1.82, 2.24) is 9.80 Å². The van der Waals surface area contributed by atoms with Gasteiger partial charge in [-0.25, -0.2) is 9.59 Å². The van der Waals surface area contributed by atoms with E-state index in [0.29, 0.717) is 19.4 Å². The Kier molecular flexibility index (Phi) is 5.72. The van der Waals surface area contributed by atoms with Crippen LogP contribution in [0.15, 0.2) is 0 Å². The molecule has 0 bridgehead atoms. The van der Waals surface area contributed by atoms with Gasteiger partial charge < -0.3 is 19.1 Å². The molecule has 2 aliphatic rings. The second-order valence-electron chi connectivity index (χ2n) is 7.98. The molecule has 3 atom stereocenters. The maximum absolute atomic E-state index is 13.0. The number of hydrogen-bond acceptors (Lipinski definition) is 7. The Bertz CT molecular complexity index is 642. The average Bonchev–Trinajstić information content (AvgIpc) is 2.98. The molecule has 2 aliphatic heterocycles. The Balaban J connectivity index is 2.19. The molecule has 0 N–H and O–H groups in total. The van der Waals surface area contributed by atoms with E-state index in [2.05, 4.69) is 0 Å². The minimum Gasteiger partial charge on any atom is -0.467 e. The number of carbonyl (C=O) groups is 4. The number of ether oxygens (including phenoxy) is 3. The van der Waals surface area contributed by atoms with E-state index >= 15 is 0 Å². The minimum absolute atomic E-state index is 0.163. The summed E-state index contributed by atoms with van der Waals surface area (Å²) in [4.78, 5) is 51.8. The van der Waals surface area contributed by atoms with Crippen LogP contribution in [0.4, 0.5) is 4.79 Å². The van der Waals surface area contributed by atoms with Crippen LogP contribution in [-0.2, 0) is 28.6 Å². The fraction of sp³-hybridized carbons (Fsp3) is 0.778. The molecule has 2 fully saturated rings. The Labute approximate surface area is 158 Å². The molecule has 0 aromatic rings. The standard InChI is InChI=1S/C18H28N2O7/c1-11(26-12(2)21)13(14(22)25-6)19-10-18(15(19)23)8-7-9-20(18)16(24)27-17(3,4)5/h11,13H,7-10H2,1-6H3/t11-,13+,18?/m1/s1. The number of nitrogens with zero attached hydrogens (tertiary/aromatic N) is 2. The van der Waals surface area contributed by atoms with Crippen LogP contribution >= 0.6 is 0 Å². The molecular formula is C18H28N2O7. The molecular weight excluding hydrogens is 356 g/mol. The fourth-order valence-corrected chi connectivity index (χ4v) is 3.69. The van der Waals surface area contributed by atoms with Crippen LogP contribution in [0.3, 0.4) is 0 Å². The quantitative estimate of drug-likeness (QED) is 0.406. The van der Waals surface area contributed by atoms with E-state index in [9.17, 15) is 19.2 Å². The first-order valence-electron chi connectivity index (χ1n) is 8.99. The molecule has 2 saturated heterocycles. The van der Waals surface area contributed by atoms with Crippen molar-refractivity contribution in [1.29, 1.82) is 0 Å². The third-order valence-electron chi connectivity index (χ3n) is 4.77. The summed E-state index contributed by atoms with van der Waals surface area (Å²) in [6.07, 6.45) is -0.248. The third kappa shape index (κ3) is 4.01. The molecule has 0 radical (unpaired) electrons. The van der Waals surface area contributed by atoms with E-state index in [0.717, 1.165) is 0 Å². The molecule has 9 nitrogen and oxygen atoms in total. The summed E-state index contributed by atoms with van der Waals surface area (Å²) >= 11 is 0. The maximum Gasteiger partial charge on any atom is 0.411 e. The zero-order valence-electron chi connectivity index (χ0n) is 16.7. The maximum atomic E-state index is 13.0. The largest absolute Gasteiger partial charge is 0.467 e. The predicted molar refractivity (Wildman–Crippen MR) is 93.7 cm³/mol. The molecule has 2 amide bonds.